The topological polar surface area (TPSA) is 101 Å². The number of nitrogen functional groups attached to an aromatic ring is 1. The van der Waals surface area contributed by atoms with E-state index in [0.717, 1.165) is 13.1 Å². The number of hydrogen-bond donors (Lipinski definition) is 3. The van der Waals surface area contributed by atoms with Gasteiger partial charge >= 0.3 is 5.97 Å². The summed E-state index contributed by atoms with van der Waals surface area (Å²) in [5.41, 5.74) is 6.68. The standard InChI is InChI=1S/C15H18N4O3/c1-19-6-5-17-13(8-19)22-15(21)11-7-12(20)9-3-2-4-10(16)14(9)18-11/h2-4,7,13,17H,5-6,8,16H2,1H3,(H,18,20). The van der Waals surface area contributed by atoms with Gasteiger partial charge in [-0.05, 0) is 19.2 Å². The van der Waals surface area contributed by atoms with Crippen LogP contribution in [-0.4, -0.2) is 53.9 Å². The summed E-state index contributed by atoms with van der Waals surface area (Å²) in [5, 5.41) is 13.7. The first-order valence-corrected chi connectivity index (χ1v) is 7.05. The average Bonchev–Trinajstić information content (AvgIpc) is 2.48. The number of pyridine rings is 1. The monoisotopic (exact) mass is 302 g/mol. The molecule has 7 heteroatoms. The van der Waals surface area contributed by atoms with Crippen molar-refractivity contribution in [1.82, 2.24) is 15.2 Å². The van der Waals surface area contributed by atoms with Gasteiger partial charge < -0.3 is 20.5 Å². The Hall–Kier alpha value is -2.38. The number of anilines is 1. The van der Waals surface area contributed by atoms with Crippen molar-refractivity contribution in [2.45, 2.75) is 6.23 Å². The molecule has 1 aromatic heterocycles. The van der Waals surface area contributed by atoms with E-state index in [0.29, 0.717) is 23.1 Å². The number of aromatic hydroxyl groups is 1. The summed E-state index contributed by atoms with van der Waals surface area (Å²) >= 11 is 0. The Morgan fingerprint density at radius 3 is 3.14 bits per heavy atom. The predicted molar refractivity (Wildman–Crippen MR) is 82.5 cm³/mol. The van der Waals surface area contributed by atoms with Gasteiger partial charge in [0.1, 0.15) is 5.75 Å². The molecule has 1 saturated heterocycles. The first-order chi connectivity index (χ1) is 10.5. The zero-order valence-corrected chi connectivity index (χ0v) is 12.2. The van der Waals surface area contributed by atoms with Gasteiger partial charge in [-0.2, -0.15) is 0 Å². The number of hydrogen-bond acceptors (Lipinski definition) is 7. The van der Waals surface area contributed by atoms with Crippen LogP contribution in [0.4, 0.5) is 5.69 Å². The van der Waals surface area contributed by atoms with E-state index >= 15 is 0 Å². The minimum absolute atomic E-state index is 0.0397. The van der Waals surface area contributed by atoms with Gasteiger partial charge in [0.15, 0.2) is 11.9 Å². The number of esters is 1. The molecule has 1 aromatic carbocycles. The minimum Gasteiger partial charge on any atom is -0.507 e. The molecular weight excluding hydrogens is 284 g/mol. The summed E-state index contributed by atoms with van der Waals surface area (Å²) in [6, 6.07) is 6.39. The van der Waals surface area contributed by atoms with Crippen molar-refractivity contribution in [3.63, 3.8) is 0 Å². The van der Waals surface area contributed by atoms with Gasteiger partial charge in [0.05, 0.1) is 11.2 Å². The molecule has 1 unspecified atom stereocenters. The summed E-state index contributed by atoms with van der Waals surface area (Å²) in [6.07, 6.45) is -0.390. The second kappa shape index (κ2) is 5.78. The number of nitrogens with zero attached hydrogens (tertiary/aromatic N) is 2. The molecule has 0 spiro atoms. The Bertz CT molecular complexity index is 719. The van der Waals surface area contributed by atoms with E-state index in [-0.39, 0.29) is 17.7 Å². The third-order valence-electron chi connectivity index (χ3n) is 3.65. The highest BCUT2D eigenvalue weighted by Gasteiger charge is 2.22. The van der Waals surface area contributed by atoms with Crippen molar-refractivity contribution >= 4 is 22.6 Å². The third kappa shape index (κ3) is 2.81. The number of para-hydroxylation sites is 1. The maximum atomic E-state index is 12.2. The molecule has 1 atom stereocenters. The number of ether oxygens (including phenoxy) is 1. The molecule has 22 heavy (non-hydrogen) atoms. The van der Waals surface area contributed by atoms with E-state index in [1.165, 1.54) is 6.07 Å². The highest BCUT2D eigenvalue weighted by atomic mass is 16.6. The van der Waals surface area contributed by atoms with Crippen molar-refractivity contribution in [1.29, 1.82) is 0 Å². The molecule has 0 aliphatic carbocycles. The lowest BCUT2D eigenvalue weighted by atomic mass is 10.1. The second-order valence-corrected chi connectivity index (χ2v) is 5.38. The lowest BCUT2D eigenvalue weighted by Crippen LogP contribution is -2.51. The van der Waals surface area contributed by atoms with Crippen molar-refractivity contribution in [3.8, 4) is 5.75 Å². The Balaban J connectivity index is 1.86. The van der Waals surface area contributed by atoms with Gasteiger partial charge in [0.25, 0.3) is 0 Å². The van der Waals surface area contributed by atoms with Crippen LogP contribution in [-0.2, 0) is 4.74 Å². The number of nitrogens with two attached hydrogens (primary N) is 1. The number of piperazine rings is 1. The van der Waals surface area contributed by atoms with E-state index in [1.807, 2.05) is 7.05 Å². The number of benzene rings is 1. The van der Waals surface area contributed by atoms with Crippen LogP contribution in [0.5, 0.6) is 5.75 Å². The lowest BCUT2D eigenvalue weighted by Gasteiger charge is -2.30. The summed E-state index contributed by atoms with van der Waals surface area (Å²) in [5.74, 6) is -0.633. The molecule has 0 radical (unpaired) electrons. The molecule has 0 bridgehead atoms. The Morgan fingerprint density at radius 2 is 2.36 bits per heavy atom. The molecule has 0 saturated carbocycles. The van der Waals surface area contributed by atoms with Crippen molar-refractivity contribution in [2.24, 2.45) is 0 Å². The number of nitrogens with one attached hydrogen (secondary N) is 1. The molecule has 2 aromatic rings. The first-order valence-electron chi connectivity index (χ1n) is 7.05. The Morgan fingerprint density at radius 1 is 1.55 bits per heavy atom. The fourth-order valence-corrected chi connectivity index (χ4v) is 2.48. The third-order valence-corrected chi connectivity index (χ3v) is 3.65. The molecule has 116 valence electrons. The SMILES string of the molecule is CN1CCNC(OC(=O)c2cc(O)c3cccc(N)c3n2)C1. The number of carbonyl (C=O) groups excluding carboxylic acids is 1. The van der Waals surface area contributed by atoms with E-state index < -0.39 is 5.97 Å². The molecule has 1 aliphatic rings. The van der Waals surface area contributed by atoms with Crippen molar-refractivity contribution < 1.29 is 14.6 Å². The smallest absolute Gasteiger partial charge is 0.358 e. The Kier molecular flexibility index (Phi) is 3.82. The van der Waals surface area contributed by atoms with Gasteiger partial charge in [-0.25, -0.2) is 9.78 Å². The normalized spacial score (nSPS) is 19.2. The van der Waals surface area contributed by atoms with Crippen molar-refractivity contribution in [3.05, 3.63) is 30.0 Å². The maximum absolute atomic E-state index is 12.2. The van der Waals surface area contributed by atoms with Crippen LogP contribution >= 0.6 is 0 Å². The van der Waals surface area contributed by atoms with Crippen LogP contribution in [0, 0.1) is 0 Å². The average molecular weight is 302 g/mol. The molecular formula is C15H18N4O3. The first kappa shape index (κ1) is 14.6. The number of rotatable bonds is 2. The molecule has 2 heterocycles. The van der Waals surface area contributed by atoms with Gasteiger partial charge in [0, 0.05) is 31.1 Å². The van der Waals surface area contributed by atoms with Crippen LogP contribution in [0.25, 0.3) is 10.9 Å². The fourth-order valence-electron chi connectivity index (χ4n) is 2.48. The number of carbonyl (C=O) groups is 1. The van der Waals surface area contributed by atoms with Crippen molar-refractivity contribution in [2.75, 3.05) is 32.4 Å². The Labute approximate surface area is 127 Å². The molecule has 1 fully saturated rings. The summed E-state index contributed by atoms with van der Waals surface area (Å²) in [6.45, 7) is 2.25. The molecule has 3 rings (SSSR count). The predicted octanol–water partition coefficient (Wildman–Crippen LogP) is 0.540. The van der Waals surface area contributed by atoms with Gasteiger partial charge in [-0.1, -0.05) is 6.07 Å². The van der Waals surface area contributed by atoms with E-state index in [9.17, 15) is 9.90 Å². The van der Waals surface area contributed by atoms with E-state index in [2.05, 4.69) is 15.2 Å². The molecule has 1 aliphatic heterocycles. The van der Waals surface area contributed by atoms with Crippen LogP contribution in [0.3, 0.4) is 0 Å². The number of fused-ring (bicyclic) bond motifs is 1. The number of likely N-dealkylation sites (N-methyl/N-ethyl adjacent to an activating group) is 1. The largest absolute Gasteiger partial charge is 0.507 e. The zero-order chi connectivity index (χ0) is 15.7. The van der Waals surface area contributed by atoms with Gasteiger partial charge in [0.2, 0.25) is 0 Å². The molecule has 4 N–H and O–H groups in total. The summed E-state index contributed by atoms with van der Waals surface area (Å²) in [7, 11) is 1.96. The number of aromatic nitrogens is 1. The maximum Gasteiger partial charge on any atom is 0.358 e. The molecule has 0 amide bonds. The highest BCUT2D eigenvalue weighted by molar-refractivity contribution is 5.98. The second-order valence-electron chi connectivity index (χ2n) is 5.38. The minimum atomic E-state index is -0.590. The molecule has 7 nitrogen and oxygen atoms in total. The van der Waals surface area contributed by atoms with E-state index in [1.54, 1.807) is 18.2 Å². The van der Waals surface area contributed by atoms with Crippen LogP contribution in [0.15, 0.2) is 24.3 Å². The fraction of sp³-hybridized carbons (Fsp3) is 0.333. The summed E-state index contributed by atoms with van der Waals surface area (Å²) < 4.78 is 5.39. The zero-order valence-electron chi connectivity index (χ0n) is 12.2. The van der Waals surface area contributed by atoms with Crippen LogP contribution in [0.2, 0.25) is 0 Å². The van der Waals surface area contributed by atoms with Crippen LogP contribution in [0.1, 0.15) is 10.5 Å². The summed E-state index contributed by atoms with van der Waals surface area (Å²) in [4.78, 5) is 18.5. The lowest BCUT2D eigenvalue weighted by molar-refractivity contribution is 0.00217. The quantitative estimate of drug-likeness (QED) is 0.550. The van der Waals surface area contributed by atoms with Crippen LogP contribution < -0.4 is 11.1 Å². The van der Waals surface area contributed by atoms with Gasteiger partial charge in [-0.15, -0.1) is 0 Å². The highest BCUT2D eigenvalue weighted by Crippen LogP contribution is 2.28. The van der Waals surface area contributed by atoms with Gasteiger partial charge in [-0.3, -0.25) is 5.32 Å². The van der Waals surface area contributed by atoms with E-state index in [4.69, 9.17) is 10.5 Å².